The number of ether oxygens (including phenoxy) is 3. The molecule has 0 bridgehead atoms. The van der Waals surface area contributed by atoms with Gasteiger partial charge in [-0.05, 0) is 23.8 Å². The lowest BCUT2D eigenvalue weighted by Gasteiger charge is -2.08. The van der Waals surface area contributed by atoms with Gasteiger partial charge in [0.05, 0.1) is 26.9 Å². The van der Waals surface area contributed by atoms with E-state index in [-0.39, 0.29) is 19.1 Å². The van der Waals surface area contributed by atoms with Gasteiger partial charge in [0, 0.05) is 19.5 Å². The van der Waals surface area contributed by atoms with Crippen molar-refractivity contribution in [3.8, 4) is 11.5 Å². The molecule has 126 valence electrons. The molecule has 1 aromatic carbocycles. The summed E-state index contributed by atoms with van der Waals surface area (Å²) in [5.74, 6) is 0.0257. The van der Waals surface area contributed by atoms with E-state index in [0.717, 1.165) is 5.56 Å². The fourth-order valence-corrected chi connectivity index (χ4v) is 1.67. The normalized spacial score (nSPS) is 10.6. The van der Waals surface area contributed by atoms with Crippen LogP contribution >= 0.6 is 0 Å². The zero-order valence-electron chi connectivity index (χ0n) is 13.2. The number of nitrogens with one attached hydrogen (secondary N) is 1. The fraction of sp³-hybridized carbons (Fsp3) is 0.375. The summed E-state index contributed by atoms with van der Waals surface area (Å²) >= 11 is 0. The molecule has 0 saturated carbocycles. The molecule has 0 aliphatic carbocycles. The maximum absolute atomic E-state index is 11.6. The van der Waals surface area contributed by atoms with Crippen LogP contribution in [0.25, 0.3) is 6.08 Å². The molecule has 23 heavy (non-hydrogen) atoms. The van der Waals surface area contributed by atoms with Crippen molar-refractivity contribution in [2.75, 3.05) is 33.5 Å². The van der Waals surface area contributed by atoms with Crippen molar-refractivity contribution in [3.05, 3.63) is 29.8 Å². The Balaban J connectivity index is 2.55. The van der Waals surface area contributed by atoms with Gasteiger partial charge < -0.3 is 24.6 Å². The van der Waals surface area contributed by atoms with E-state index >= 15 is 0 Å². The first-order valence-electron chi connectivity index (χ1n) is 7.07. The van der Waals surface area contributed by atoms with Crippen molar-refractivity contribution in [3.63, 3.8) is 0 Å². The number of benzene rings is 1. The molecule has 0 aromatic heterocycles. The third-order valence-electron chi connectivity index (χ3n) is 2.65. The molecular formula is C16H21NO6. The predicted molar refractivity (Wildman–Crippen MR) is 84.3 cm³/mol. The van der Waals surface area contributed by atoms with Crippen molar-refractivity contribution < 1.29 is 28.9 Å². The largest absolute Gasteiger partial charge is 0.493 e. The van der Waals surface area contributed by atoms with Crippen LogP contribution in [-0.4, -0.2) is 50.5 Å². The SMILES string of the molecule is COc1cc(/C=C/C(=O)NCCOCCO)ccc1OC(C)=O. The lowest BCUT2D eigenvalue weighted by molar-refractivity contribution is -0.132. The monoisotopic (exact) mass is 323 g/mol. The van der Waals surface area contributed by atoms with Gasteiger partial charge in [0.1, 0.15) is 0 Å². The topological polar surface area (TPSA) is 94.1 Å². The highest BCUT2D eigenvalue weighted by Gasteiger charge is 2.07. The first-order valence-corrected chi connectivity index (χ1v) is 7.07. The zero-order chi connectivity index (χ0) is 17.1. The summed E-state index contributed by atoms with van der Waals surface area (Å²) < 4.78 is 15.2. The van der Waals surface area contributed by atoms with Gasteiger partial charge in [-0.15, -0.1) is 0 Å². The van der Waals surface area contributed by atoms with E-state index in [2.05, 4.69) is 5.32 Å². The Labute approximate surface area is 134 Å². The highest BCUT2D eigenvalue weighted by molar-refractivity contribution is 5.91. The predicted octanol–water partition coefficient (Wildman–Crippen LogP) is 0.759. The summed E-state index contributed by atoms with van der Waals surface area (Å²) in [4.78, 5) is 22.6. The number of esters is 1. The van der Waals surface area contributed by atoms with Crippen LogP contribution in [0.15, 0.2) is 24.3 Å². The minimum atomic E-state index is -0.436. The van der Waals surface area contributed by atoms with E-state index in [1.165, 1.54) is 20.1 Å². The lowest BCUT2D eigenvalue weighted by atomic mass is 10.2. The van der Waals surface area contributed by atoms with Crippen molar-refractivity contribution >= 4 is 18.0 Å². The number of hydrogen-bond donors (Lipinski definition) is 2. The van der Waals surface area contributed by atoms with E-state index in [4.69, 9.17) is 19.3 Å². The van der Waals surface area contributed by atoms with Gasteiger partial charge in [0.2, 0.25) is 5.91 Å². The second-order valence-electron chi connectivity index (χ2n) is 4.46. The molecule has 2 N–H and O–H groups in total. The molecule has 0 saturated heterocycles. The van der Waals surface area contributed by atoms with Gasteiger partial charge in [-0.1, -0.05) is 6.07 Å². The molecule has 1 rings (SSSR count). The van der Waals surface area contributed by atoms with E-state index in [1.807, 2.05) is 0 Å². The lowest BCUT2D eigenvalue weighted by Crippen LogP contribution is -2.25. The maximum Gasteiger partial charge on any atom is 0.308 e. The van der Waals surface area contributed by atoms with Crippen LogP contribution in [0.2, 0.25) is 0 Å². The molecule has 7 nitrogen and oxygen atoms in total. The molecule has 0 radical (unpaired) electrons. The van der Waals surface area contributed by atoms with Crippen molar-refractivity contribution in [2.45, 2.75) is 6.92 Å². The van der Waals surface area contributed by atoms with Gasteiger partial charge in [0.15, 0.2) is 11.5 Å². The molecule has 1 amide bonds. The average Bonchev–Trinajstić information content (AvgIpc) is 2.53. The quantitative estimate of drug-likeness (QED) is 0.302. The van der Waals surface area contributed by atoms with Crippen LogP contribution in [-0.2, 0) is 14.3 Å². The number of methoxy groups -OCH3 is 1. The van der Waals surface area contributed by atoms with E-state index in [9.17, 15) is 9.59 Å². The van der Waals surface area contributed by atoms with Crippen molar-refractivity contribution in [2.24, 2.45) is 0 Å². The number of carbonyl (C=O) groups is 2. The number of carbonyl (C=O) groups excluding carboxylic acids is 2. The minimum Gasteiger partial charge on any atom is -0.493 e. The molecule has 0 aliphatic heterocycles. The Bertz CT molecular complexity index is 556. The van der Waals surface area contributed by atoms with Crippen LogP contribution in [0, 0.1) is 0 Å². The molecule has 0 spiro atoms. The van der Waals surface area contributed by atoms with Crippen LogP contribution < -0.4 is 14.8 Å². The van der Waals surface area contributed by atoms with Gasteiger partial charge in [-0.2, -0.15) is 0 Å². The van der Waals surface area contributed by atoms with Crippen molar-refractivity contribution in [1.29, 1.82) is 0 Å². The number of aliphatic hydroxyl groups is 1. The Morgan fingerprint density at radius 3 is 2.70 bits per heavy atom. The van der Waals surface area contributed by atoms with Crippen LogP contribution in [0.4, 0.5) is 0 Å². The van der Waals surface area contributed by atoms with Gasteiger partial charge >= 0.3 is 5.97 Å². The van der Waals surface area contributed by atoms with Gasteiger partial charge in [0.25, 0.3) is 0 Å². The van der Waals surface area contributed by atoms with Crippen LogP contribution in [0.1, 0.15) is 12.5 Å². The highest BCUT2D eigenvalue weighted by Crippen LogP contribution is 2.28. The third kappa shape index (κ3) is 7.44. The second-order valence-corrected chi connectivity index (χ2v) is 4.46. The summed E-state index contributed by atoms with van der Waals surface area (Å²) in [6, 6.07) is 4.96. The summed E-state index contributed by atoms with van der Waals surface area (Å²) in [7, 11) is 1.47. The second kappa shape index (κ2) is 10.4. The van der Waals surface area contributed by atoms with Crippen LogP contribution in [0.5, 0.6) is 11.5 Å². The average molecular weight is 323 g/mol. The van der Waals surface area contributed by atoms with Gasteiger partial charge in [-0.3, -0.25) is 9.59 Å². The Morgan fingerprint density at radius 2 is 2.04 bits per heavy atom. The highest BCUT2D eigenvalue weighted by atomic mass is 16.6. The number of rotatable bonds is 9. The smallest absolute Gasteiger partial charge is 0.308 e. The third-order valence-corrected chi connectivity index (χ3v) is 2.65. The molecule has 1 aromatic rings. The molecular weight excluding hydrogens is 302 g/mol. The van der Waals surface area contributed by atoms with Gasteiger partial charge in [-0.25, -0.2) is 0 Å². The fourth-order valence-electron chi connectivity index (χ4n) is 1.67. The summed E-state index contributed by atoms with van der Waals surface area (Å²) in [6.07, 6.45) is 3.00. The van der Waals surface area contributed by atoms with E-state index in [1.54, 1.807) is 24.3 Å². The zero-order valence-corrected chi connectivity index (χ0v) is 13.2. The number of amides is 1. The summed E-state index contributed by atoms with van der Waals surface area (Å²) in [5.41, 5.74) is 0.726. The standard InChI is InChI=1S/C16H21NO6/c1-12(19)23-14-5-3-13(11-15(14)21-2)4-6-16(20)17-7-9-22-10-8-18/h3-6,11,18H,7-10H2,1-2H3,(H,17,20)/b6-4+. The maximum atomic E-state index is 11.6. The summed E-state index contributed by atoms with van der Waals surface area (Å²) in [5, 5.41) is 11.2. The molecule has 0 heterocycles. The molecule has 0 atom stereocenters. The Hall–Kier alpha value is -2.38. The number of hydrogen-bond acceptors (Lipinski definition) is 6. The van der Waals surface area contributed by atoms with Crippen LogP contribution in [0.3, 0.4) is 0 Å². The van der Waals surface area contributed by atoms with Crippen molar-refractivity contribution in [1.82, 2.24) is 5.32 Å². The van der Waals surface area contributed by atoms with E-state index in [0.29, 0.717) is 24.7 Å². The molecule has 7 heteroatoms. The Morgan fingerprint density at radius 1 is 1.26 bits per heavy atom. The number of aliphatic hydroxyl groups excluding tert-OH is 1. The molecule has 0 aliphatic rings. The molecule has 0 fully saturated rings. The summed E-state index contributed by atoms with van der Waals surface area (Å²) in [6.45, 7) is 2.21. The first-order chi connectivity index (χ1) is 11.1. The molecule has 0 unspecified atom stereocenters. The Kier molecular flexibility index (Phi) is 8.41. The van der Waals surface area contributed by atoms with E-state index < -0.39 is 5.97 Å². The first kappa shape index (κ1) is 18.7. The minimum absolute atomic E-state index is 0.0426.